The second kappa shape index (κ2) is 7.15. The maximum absolute atomic E-state index is 6.50. The molecule has 0 radical (unpaired) electrons. The lowest BCUT2D eigenvalue weighted by Crippen LogP contribution is -2.39. The van der Waals surface area contributed by atoms with E-state index < -0.39 is 0 Å². The summed E-state index contributed by atoms with van der Waals surface area (Å²) >= 11 is 13.0. The summed E-state index contributed by atoms with van der Waals surface area (Å²) < 4.78 is 0. The molecule has 112 valence electrons. The zero-order valence-corrected chi connectivity index (χ0v) is 14.0. The molecule has 1 aliphatic rings. The van der Waals surface area contributed by atoms with Crippen molar-refractivity contribution in [1.29, 1.82) is 0 Å². The van der Waals surface area contributed by atoms with E-state index in [1.807, 2.05) is 18.2 Å². The second-order valence-corrected chi connectivity index (χ2v) is 6.85. The number of hydrogen-bond acceptors (Lipinski definition) is 1. The Morgan fingerprint density at radius 3 is 2.10 bits per heavy atom. The minimum atomic E-state index is 0.0709. The Hall–Kier alpha value is -0.240. The van der Waals surface area contributed by atoms with E-state index in [1.165, 1.54) is 12.8 Å². The molecule has 0 aromatic heterocycles. The van der Waals surface area contributed by atoms with Crippen LogP contribution in [0.3, 0.4) is 0 Å². The van der Waals surface area contributed by atoms with E-state index in [9.17, 15) is 0 Å². The van der Waals surface area contributed by atoms with Crippen molar-refractivity contribution in [2.24, 2.45) is 0 Å². The van der Waals surface area contributed by atoms with Crippen LogP contribution in [0.25, 0.3) is 0 Å². The van der Waals surface area contributed by atoms with Gasteiger partial charge >= 0.3 is 0 Å². The first-order valence-corrected chi connectivity index (χ1v) is 8.56. The zero-order chi connectivity index (χ0) is 14.6. The van der Waals surface area contributed by atoms with Gasteiger partial charge in [-0.25, -0.2) is 0 Å². The first kappa shape index (κ1) is 16.1. The van der Waals surface area contributed by atoms with E-state index in [0.717, 1.165) is 47.8 Å². The van der Waals surface area contributed by atoms with Crippen molar-refractivity contribution >= 4 is 23.2 Å². The highest BCUT2D eigenvalue weighted by Crippen LogP contribution is 2.42. The fraction of sp³-hybridized carbons (Fsp3) is 0.647. The van der Waals surface area contributed by atoms with Crippen LogP contribution < -0.4 is 5.32 Å². The molecule has 0 amide bonds. The summed E-state index contributed by atoms with van der Waals surface area (Å²) in [6, 6.07) is 6.59. The van der Waals surface area contributed by atoms with Crippen LogP contribution in [0.1, 0.15) is 57.9 Å². The third-order valence-corrected chi connectivity index (χ3v) is 4.89. The molecule has 0 aliphatic heterocycles. The smallest absolute Gasteiger partial charge is 0.0459 e. The van der Waals surface area contributed by atoms with Crippen LogP contribution in [-0.4, -0.2) is 12.6 Å². The van der Waals surface area contributed by atoms with Gasteiger partial charge in [-0.15, -0.1) is 0 Å². The first-order chi connectivity index (χ1) is 9.63. The molecular weight excluding hydrogens is 289 g/mol. The molecule has 1 aliphatic carbocycles. The maximum atomic E-state index is 6.50. The van der Waals surface area contributed by atoms with Crippen LogP contribution in [0.5, 0.6) is 0 Å². The molecule has 1 nitrogen and oxygen atoms in total. The van der Waals surface area contributed by atoms with Gasteiger partial charge in [0, 0.05) is 28.0 Å². The Morgan fingerprint density at radius 2 is 1.65 bits per heavy atom. The summed E-state index contributed by atoms with van der Waals surface area (Å²) in [5.74, 6) is 0. The molecule has 0 bridgehead atoms. The second-order valence-electron chi connectivity index (χ2n) is 6.03. The van der Waals surface area contributed by atoms with Crippen LogP contribution in [0, 0.1) is 0 Å². The quantitative estimate of drug-likeness (QED) is 0.660. The summed E-state index contributed by atoms with van der Waals surface area (Å²) in [5.41, 5.74) is 1.22. The predicted molar refractivity (Wildman–Crippen MR) is 89.0 cm³/mol. The lowest BCUT2D eigenvalue weighted by molar-refractivity contribution is 0.334. The molecule has 0 spiro atoms. The van der Waals surface area contributed by atoms with Crippen LogP contribution in [-0.2, 0) is 5.41 Å². The van der Waals surface area contributed by atoms with Crippen molar-refractivity contribution in [2.45, 2.75) is 63.8 Å². The van der Waals surface area contributed by atoms with Gasteiger partial charge in [0.2, 0.25) is 0 Å². The molecule has 1 N–H and O–H groups in total. The largest absolute Gasteiger partial charge is 0.313 e. The van der Waals surface area contributed by atoms with Crippen molar-refractivity contribution in [2.75, 3.05) is 6.54 Å². The maximum Gasteiger partial charge on any atom is 0.0459 e. The SMILES string of the molecule is CCCC(CCC)(CNC1CC1)c1c(Cl)cccc1Cl. The van der Waals surface area contributed by atoms with E-state index in [1.54, 1.807) is 0 Å². The normalized spacial score (nSPS) is 15.6. The van der Waals surface area contributed by atoms with Gasteiger partial charge in [-0.2, -0.15) is 0 Å². The van der Waals surface area contributed by atoms with Crippen molar-refractivity contribution in [3.63, 3.8) is 0 Å². The number of rotatable bonds is 8. The third-order valence-electron chi connectivity index (χ3n) is 4.26. The van der Waals surface area contributed by atoms with Gasteiger partial charge in [-0.1, -0.05) is 56.0 Å². The van der Waals surface area contributed by atoms with Gasteiger partial charge in [0.05, 0.1) is 0 Å². The Bertz CT molecular complexity index is 414. The van der Waals surface area contributed by atoms with Crippen LogP contribution in [0.2, 0.25) is 10.0 Å². The molecule has 0 heterocycles. The number of hydrogen-bond donors (Lipinski definition) is 1. The molecule has 0 atom stereocenters. The van der Waals surface area contributed by atoms with Crippen LogP contribution in [0.15, 0.2) is 18.2 Å². The average molecular weight is 314 g/mol. The molecule has 20 heavy (non-hydrogen) atoms. The lowest BCUT2D eigenvalue weighted by atomic mass is 9.73. The van der Waals surface area contributed by atoms with Gasteiger partial charge in [0.1, 0.15) is 0 Å². The molecule has 1 aromatic rings. The van der Waals surface area contributed by atoms with Crippen molar-refractivity contribution in [1.82, 2.24) is 5.32 Å². The van der Waals surface area contributed by atoms with E-state index in [4.69, 9.17) is 23.2 Å². The van der Waals surface area contributed by atoms with Gasteiger partial charge < -0.3 is 5.32 Å². The average Bonchev–Trinajstić information content (AvgIpc) is 3.21. The Balaban J connectivity index is 2.35. The summed E-state index contributed by atoms with van der Waals surface area (Å²) in [6.07, 6.45) is 7.17. The lowest BCUT2D eigenvalue weighted by Gasteiger charge is -2.36. The van der Waals surface area contributed by atoms with E-state index in [-0.39, 0.29) is 5.41 Å². The number of nitrogens with one attached hydrogen (secondary N) is 1. The summed E-state index contributed by atoms with van der Waals surface area (Å²) in [7, 11) is 0. The van der Waals surface area contributed by atoms with E-state index >= 15 is 0 Å². The fourth-order valence-corrected chi connectivity index (χ4v) is 4.03. The fourth-order valence-electron chi connectivity index (χ4n) is 3.23. The third kappa shape index (κ3) is 3.69. The van der Waals surface area contributed by atoms with Gasteiger partial charge in [0.25, 0.3) is 0 Å². The zero-order valence-electron chi connectivity index (χ0n) is 12.5. The molecule has 0 saturated heterocycles. The summed E-state index contributed by atoms with van der Waals surface area (Å²) in [4.78, 5) is 0. The van der Waals surface area contributed by atoms with E-state index in [0.29, 0.717) is 6.04 Å². The standard InChI is InChI=1S/C17H25Cl2N/c1-3-10-17(11-4-2,12-20-13-8-9-13)16-14(18)6-5-7-15(16)19/h5-7,13,20H,3-4,8-12H2,1-2H3. The molecule has 3 heteroatoms. The highest BCUT2D eigenvalue weighted by molar-refractivity contribution is 6.36. The minimum Gasteiger partial charge on any atom is -0.313 e. The van der Waals surface area contributed by atoms with Gasteiger partial charge in [-0.3, -0.25) is 0 Å². The number of halogens is 2. The van der Waals surface area contributed by atoms with Gasteiger partial charge in [0.15, 0.2) is 0 Å². The summed E-state index contributed by atoms with van der Waals surface area (Å²) in [5, 5.41) is 5.34. The highest BCUT2D eigenvalue weighted by Gasteiger charge is 2.36. The topological polar surface area (TPSA) is 12.0 Å². The Kier molecular flexibility index (Phi) is 5.77. The van der Waals surface area contributed by atoms with Crippen LogP contribution >= 0.6 is 23.2 Å². The molecule has 0 unspecified atom stereocenters. The van der Waals surface area contributed by atoms with Crippen LogP contribution in [0.4, 0.5) is 0 Å². The van der Waals surface area contributed by atoms with Crippen molar-refractivity contribution in [3.8, 4) is 0 Å². The molecular formula is C17H25Cl2N. The van der Waals surface area contributed by atoms with Gasteiger partial charge in [-0.05, 0) is 43.4 Å². The van der Waals surface area contributed by atoms with Crippen molar-refractivity contribution in [3.05, 3.63) is 33.8 Å². The molecule has 1 fully saturated rings. The van der Waals surface area contributed by atoms with E-state index in [2.05, 4.69) is 19.2 Å². The predicted octanol–water partition coefficient (Wildman–Crippen LogP) is 5.58. The minimum absolute atomic E-state index is 0.0709. The Labute approximate surface area is 133 Å². The molecule has 1 aromatic carbocycles. The highest BCUT2D eigenvalue weighted by atomic mass is 35.5. The summed E-state index contributed by atoms with van der Waals surface area (Å²) in [6.45, 7) is 5.47. The Morgan fingerprint density at radius 1 is 1.10 bits per heavy atom. The monoisotopic (exact) mass is 313 g/mol. The number of benzene rings is 1. The first-order valence-electron chi connectivity index (χ1n) is 7.81. The molecule has 2 rings (SSSR count). The van der Waals surface area contributed by atoms with Crippen molar-refractivity contribution < 1.29 is 0 Å². The molecule has 1 saturated carbocycles.